The zero-order valence-electron chi connectivity index (χ0n) is 38.4. The van der Waals surface area contributed by atoms with Crippen LogP contribution in [0.2, 0.25) is 0 Å². The van der Waals surface area contributed by atoms with Crippen LogP contribution < -0.4 is 5.32 Å². The van der Waals surface area contributed by atoms with E-state index in [1.807, 2.05) is 0 Å². The normalized spacial score (nSPS) is 13.7. The number of rotatable bonds is 44. The number of aliphatic hydroxyl groups excluding tert-OH is 2. The van der Waals surface area contributed by atoms with Gasteiger partial charge in [-0.2, -0.15) is 0 Å². The molecule has 0 fully saturated rings. The highest BCUT2D eigenvalue weighted by molar-refractivity contribution is 5.77. The third-order valence-corrected chi connectivity index (χ3v) is 11.2. The molecule has 0 saturated carbocycles. The summed E-state index contributed by atoms with van der Waals surface area (Å²) in [4.78, 5) is 26.0. The van der Waals surface area contributed by atoms with Crippen molar-refractivity contribution in [3.63, 3.8) is 0 Å². The summed E-state index contributed by atoms with van der Waals surface area (Å²) in [5, 5.41) is 23.7. The molecule has 338 valence electrons. The molecule has 3 N–H and O–H groups in total. The molecule has 0 saturated heterocycles. The van der Waals surface area contributed by atoms with Gasteiger partial charge in [0.25, 0.3) is 0 Å². The molecule has 6 heteroatoms. The second kappa shape index (κ2) is 45.9. The van der Waals surface area contributed by atoms with Gasteiger partial charge < -0.3 is 20.3 Å². The molecule has 0 heterocycles. The first-order chi connectivity index (χ1) is 28.5. The Morgan fingerprint density at radius 1 is 0.500 bits per heavy atom. The van der Waals surface area contributed by atoms with Gasteiger partial charge in [-0.3, -0.25) is 9.59 Å². The Bertz CT molecular complexity index is 1000. The Labute approximate surface area is 359 Å². The number of unbranched alkanes of at least 4 members (excludes halogenated alkanes) is 24. The van der Waals surface area contributed by atoms with Gasteiger partial charge in [0.15, 0.2) is 0 Å². The van der Waals surface area contributed by atoms with Crippen LogP contribution in [0.15, 0.2) is 48.6 Å². The average Bonchev–Trinajstić information content (AvgIpc) is 3.22. The Morgan fingerprint density at radius 3 is 1.34 bits per heavy atom. The minimum atomic E-state index is -0.790. The lowest BCUT2D eigenvalue weighted by Gasteiger charge is -2.24. The van der Waals surface area contributed by atoms with Crippen molar-refractivity contribution in [1.82, 2.24) is 5.32 Å². The predicted molar refractivity (Wildman–Crippen MR) is 250 cm³/mol. The van der Waals surface area contributed by atoms with E-state index in [2.05, 4.69) is 74.7 Å². The molecule has 0 spiro atoms. The van der Waals surface area contributed by atoms with Crippen LogP contribution in [-0.2, 0) is 14.3 Å². The van der Waals surface area contributed by atoms with Gasteiger partial charge in [0.05, 0.1) is 25.2 Å². The van der Waals surface area contributed by atoms with Crippen molar-refractivity contribution in [2.45, 2.75) is 264 Å². The maximum Gasteiger partial charge on any atom is 0.306 e. The molecular weight excluding hydrogens is 719 g/mol. The SMILES string of the molecule is CCCCC/C=C\C/C=C\C/C=C\C/C=C\CCCCCC(=O)OC(CCCCCCCCCCC)CC(=O)NC(CO)C(O)CCCCCCCCCCCCC. The summed E-state index contributed by atoms with van der Waals surface area (Å²) in [6.45, 7) is 6.42. The summed E-state index contributed by atoms with van der Waals surface area (Å²) in [5.41, 5.74) is 0. The van der Waals surface area contributed by atoms with Gasteiger partial charge in [0, 0.05) is 6.42 Å². The van der Waals surface area contributed by atoms with E-state index in [0.29, 0.717) is 19.3 Å². The van der Waals surface area contributed by atoms with E-state index in [-0.39, 0.29) is 24.9 Å². The maximum atomic E-state index is 13.1. The summed E-state index contributed by atoms with van der Waals surface area (Å²) < 4.78 is 5.90. The van der Waals surface area contributed by atoms with E-state index in [9.17, 15) is 19.8 Å². The molecule has 0 rings (SSSR count). The van der Waals surface area contributed by atoms with Gasteiger partial charge in [0.2, 0.25) is 5.91 Å². The molecule has 1 amide bonds. The van der Waals surface area contributed by atoms with E-state index >= 15 is 0 Å². The molecule has 0 aromatic rings. The van der Waals surface area contributed by atoms with Gasteiger partial charge >= 0.3 is 5.97 Å². The zero-order valence-corrected chi connectivity index (χ0v) is 38.4. The van der Waals surface area contributed by atoms with E-state index in [0.717, 1.165) is 83.5 Å². The van der Waals surface area contributed by atoms with Crippen molar-refractivity contribution in [2.75, 3.05) is 6.61 Å². The first kappa shape index (κ1) is 55.8. The van der Waals surface area contributed by atoms with Gasteiger partial charge in [-0.1, -0.05) is 211 Å². The number of carbonyl (C=O) groups is 2. The lowest BCUT2D eigenvalue weighted by molar-refractivity contribution is -0.151. The fourth-order valence-corrected chi connectivity index (χ4v) is 7.35. The lowest BCUT2D eigenvalue weighted by atomic mass is 10.0. The largest absolute Gasteiger partial charge is 0.462 e. The minimum Gasteiger partial charge on any atom is -0.462 e. The third kappa shape index (κ3) is 40.6. The second-order valence-electron chi connectivity index (χ2n) is 16.9. The van der Waals surface area contributed by atoms with E-state index in [1.54, 1.807) is 0 Å². The Balaban J connectivity index is 4.52. The quantitative estimate of drug-likeness (QED) is 0.0323. The van der Waals surface area contributed by atoms with Crippen molar-refractivity contribution in [1.29, 1.82) is 0 Å². The van der Waals surface area contributed by atoms with Crippen molar-refractivity contribution < 1.29 is 24.5 Å². The summed E-state index contributed by atoms with van der Waals surface area (Å²) in [6, 6.07) is -0.704. The lowest BCUT2D eigenvalue weighted by Crippen LogP contribution is -2.46. The summed E-state index contributed by atoms with van der Waals surface area (Å²) in [5.74, 6) is -0.508. The summed E-state index contributed by atoms with van der Waals surface area (Å²) in [6.07, 6.45) is 54.6. The maximum absolute atomic E-state index is 13.1. The standard InChI is InChI=1S/C52H95NO5/c1-4-7-10-13-16-19-21-22-23-24-25-26-27-28-30-33-36-39-42-45-52(57)58-48(43-40-37-34-31-18-15-12-9-6-3)46-51(56)53-49(47-54)50(55)44-41-38-35-32-29-20-17-14-11-8-5-2/h16,19,22-23,25-26,28,30,48-50,54-55H,4-15,17-18,20-21,24,27,29,31-47H2,1-3H3,(H,53,56)/b19-16-,23-22-,26-25-,30-28-. The molecule has 0 aliphatic carbocycles. The number of carbonyl (C=O) groups excluding carboxylic acids is 2. The first-order valence-electron chi connectivity index (χ1n) is 24.9. The van der Waals surface area contributed by atoms with Gasteiger partial charge in [-0.05, 0) is 70.6 Å². The molecule has 0 radical (unpaired) electrons. The van der Waals surface area contributed by atoms with Crippen LogP contribution >= 0.6 is 0 Å². The van der Waals surface area contributed by atoms with Crippen LogP contribution in [-0.4, -0.2) is 46.9 Å². The monoisotopic (exact) mass is 814 g/mol. The molecule has 0 aromatic carbocycles. The van der Waals surface area contributed by atoms with Crippen LogP contribution in [0.4, 0.5) is 0 Å². The number of esters is 1. The number of hydrogen-bond donors (Lipinski definition) is 3. The van der Waals surface area contributed by atoms with Crippen LogP contribution in [0, 0.1) is 0 Å². The molecule has 0 bridgehead atoms. The van der Waals surface area contributed by atoms with E-state index < -0.39 is 18.2 Å². The Kier molecular flexibility index (Phi) is 44.2. The topological polar surface area (TPSA) is 95.9 Å². The van der Waals surface area contributed by atoms with Crippen molar-refractivity contribution in [3.05, 3.63) is 48.6 Å². The molecule has 3 atom stereocenters. The smallest absolute Gasteiger partial charge is 0.306 e. The highest BCUT2D eigenvalue weighted by atomic mass is 16.5. The zero-order chi connectivity index (χ0) is 42.4. The van der Waals surface area contributed by atoms with Gasteiger partial charge in [0.1, 0.15) is 6.10 Å². The van der Waals surface area contributed by atoms with Crippen LogP contribution in [0.25, 0.3) is 0 Å². The Hall–Kier alpha value is -2.18. The molecule has 3 unspecified atom stereocenters. The molecule has 58 heavy (non-hydrogen) atoms. The molecule has 0 aliphatic heterocycles. The van der Waals surface area contributed by atoms with Crippen LogP contribution in [0.1, 0.15) is 245 Å². The van der Waals surface area contributed by atoms with Crippen molar-refractivity contribution in [2.24, 2.45) is 0 Å². The van der Waals surface area contributed by atoms with E-state index in [4.69, 9.17) is 4.74 Å². The number of nitrogens with one attached hydrogen (secondary N) is 1. The van der Waals surface area contributed by atoms with Crippen LogP contribution in [0.3, 0.4) is 0 Å². The molecule has 0 aliphatic rings. The fourth-order valence-electron chi connectivity index (χ4n) is 7.35. The number of aliphatic hydroxyl groups is 2. The summed E-state index contributed by atoms with van der Waals surface area (Å²) >= 11 is 0. The van der Waals surface area contributed by atoms with Gasteiger partial charge in [-0.25, -0.2) is 0 Å². The fraction of sp³-hybridized carbons (Fsp3) is 0.808. The van der Waals surface area contributed by atoms with E-state index in [1.165, 1.54) is 116 Å². The highest BCUT2D eigenvalue weighted by Crippen LogP contribution is 2.17. The number of amides is 1. The third-order valence-electron chi connectivity index (χ3n) is 11.2. The minimum absolute atomic E-state index is 0.0660. The van der Waals surface area contributed by atoms with Gasteiger partial charge in [-0.15, -0.1) is 0 Å². The number of ether oxygens (including phenoxy) is 1. The Morgan fingerprint density at radius 2 is 0.879 bits per heavy atom. The molecular formula is C52H95NO5. The van der Waals surface area contributed by atoms with Crippen LogP contribution in [0.5, 0.6) is 0 Å². The second-order valence-corrected chi connectivity index (χ2v) is 16.9. The highest BCUT2D eigenvalue weighted by Gasteiger charge is 2.24. The average molecular weight is 814 g/mol. The van der Waals surface area contributed by atoms with Crippen molar-refractivity contribution >= 4 is 11.9 Å². The number of allylic oxidation sites excluding steroid dienone is 8. The molecule has 6 nitrogen and oxygen atoms in total. The predicted octanol–water partition coefficient (Wildman–Crippen LogP) is 14.7. The summed E-state index contributed by atoms with van der Waals surface area (Å²) in [7, 11) is 0. The number of hydrogen-bond acceptors (Lipinski definition) is 5. The molecule has 0 aromatic heterocycles. The van der Waals surface area contributed by atoms with Crippen molar-refractivity contribution in [3.8, 4) is 0 Å². The first-order valence-corrected chi connectivity index (χ1v) is 24.9.